The zero-order valence-electron chi connectivity index (χ0n) is 11.3. The summed E-state index contributed by atoms with van der Waals surface area (Å²) < 4.78 is 18.4. The molecule has 1 N–H and O–H groups in total. The van der Waals surface area contributed by atoms with E-state index in [2.05, 4.69) is 15.5 Å². The van der Waals surface area contributed by atoms with Crippen molar-refractivity contribution in [2.75, 3.05) is 6.54 Å². The monoisotopic (exact) mass is 275 g/mol. The maximum absolute atomic E-state index is 12.8. The van der Waals surface area contributed by atoms with E-state index in [-0.39, 0.29) is 5.82 Å². The molecule has 1 aliphatic rings. The summed E-state index contributed by atoms with van der Waals surface area (Å²) in [5.41, 5.74) is 0.969. The van der Waals surface area contributed by atoms with Crippen LogP contribution in [0.4, 0.5) is 4.39 Å². The van der Waals surface area contributed by atoms with Gasteiger partial charge in [-0.25, -0.2) is 4.39 Å². The van der Waals surface area contributed by atoms with Crippen molar-refractivity contribution in [1.82, 2.24) is 15.5 Å². The maximum Gasteiger partial charge on any atom is 0.220 e. The first-order valence-electron chi connectivity index (χ1n) is 7.09. The molecule has 0 amide bonds. The molecule has 0 aliphatic heterocycles. The standard InChI is InChI=1S/C15H18FN3O/c16-12-5-3-11(4-6-12)10-15-19-18-14(20-15)2-1-9-17-13-7-8-13/h3-6,13,17H,1-2,7-10H2. The molecular formula is C15H18FN3O. The van der Waals surface area contributed by atoms with Gasteiger partial charge in [-0.1, -0.05) is 12.1 Å². The summed E-state index contributed by atoms with van der Waals surface area (Å²) in [6.45, 7) is 1.00. The second-order valence-corrected chi connectivity index (χ2v) is 5.22. The maximum atomic E-state index is 12.8. The van der Waals surface area contributed by atoms with Gasteiger partial charge < -0.3 is 9.73 Å². The van der Waals surface area contributed by atoms with Crippen LogP contribution >= 0.6 is 0 Å². The van der Waals surface area contributed by atoms with Crippen molar-refractivity contribution in [3.63, 3.8) is 0 Å². The van der Waals surface area contributed by atoms with Gasteiger partial charge in [-0.3, -0.25) is 0 Å². The average Bonchev–Trinajstić information content (AvgIpc) is 3.17. The number of aryl methyl sites for hydroxylation is 1. The van der Waals surface area contributed by atoms with Gasteiger partial charge in [-0.05, 0) is 43.5 Å². The van der Waals surface area contributed by atoms with E-state index in [0.717, 1.165) is 31.0 Å². The molecule has 1 heterocycles. The zero-order valence-corrected chi connectivity index (χ0v) is 11.3. The number of rotatable bonds is 7. The van der Waals surface area contributed by atoms with Gasteiger partial charge >= 0.3 is 0 Å². The number of aromatic nitrogens is 2. The van der Waals surface area contributed by atoms with Crippen LogP contribution in [0.5, 0.6) is 0 Å². The lowest BCUT2D eigenvalue weighted by molar-refractivity contribution is 0.449. The largest absolute Gasteiger partial charge is 0.425 e. The minimum Gasteiger partial charge on any atom is -0.425 e. The molecule has 0 saturated heterocycles. The van der Waals surface area contributed by atoms with Gasteiger partial charge in [0, 0.05) is 12.5 Å². The molecule has 0 radical (unpaired) electrons. The predicted molar refractivity (Wildman–Crippen MR) is 72.8 cm³/mol. The normalized spacial score (nSPS) is 14.7. The third-order valence-corrected chi connectivity index (χ3v) is 3.36. The highest BCUT2D eigenvalue weighted by Gasteiger charge is 2.19. The third kappa shape index (κ3) is 3.87. The van der Waals surface area contributed by atoms with E-state index >= 15 is 0 Å². The summed E-state index contributed by atoms with van der Waals surface area (Å²) in [5, 5.41) is 11.5. The average molecular weight is 275 g/mol. The van der Waals surface area contributed by atoms with E-state index in [9.17, 15) is 4.39 Å². The molecule has 106 valence electrons. The SMILES string of the molecule is Fc1ccc(Cc2nnc(CCCNC3CC3)o2)cc1. The molecule has 0 unspecified atom stereocenters. The number of hydrogen-bond donors (Lipinski definition) is 1. The lowest BCUT2D eigenvalue weighted by Crippen LogP contribution is -2.17. The summed E-state index contributed by atoms with van der Waals surface area (Å²) >= 11 is 0. The van der Waals surface area contributed by atoms with E-state index in [0.29, 0.717) is 18.2 Å². The van der Waals surface area contributed by atoms with Crippen molar-refractivity contribution in [2.45, 2.75) is 38.1 Å². The van der Waals surface area contributed by atoms with Crippen LogP contribution in [0.1, 0.15) is 36.6 Å². The summed E-state index contributed by atoms with van der Waals surface area (Å²) in [4.78, 5) is 0. The van der Waals surface area contributed by atoms with Crippen LogP contribution in [0.3, 0.4) is 0 Å². The Hall–Kier alpha value is -1.75. The summed E-state index contributed by atoms with van der Waals surface area (Å²) in [6.07, 6.45) is 4.98. The van der Waals surface area contributed by atoms with Crippen molar-refractivity contribution < 1.29 is 8.81 Å². The first-order valence-corrected chi connectivity index (χ1v) is 7.09. The number of nitrogens with one attached hydrogen (secondary N) is 1. The smallest absolute Gasteiger partial charge is 0.220 e. The minimum absolute atomic E-state index is 0.233. The molecular weight excluding hydrogens is 257 g/mol. The van der Waals surface area contributed by atoms with Gasteiger partial charge in [0.05, 0.1) is 6.42 Å². The summed E-state index contributed by atoms with van der Waals surface area (Å²) in [5.74, 6) is 1.03. The van der Waals surface area contributed by atoms with Crippen LogP contribution < -0.4 is 5.32 Å². The first-order chi connectivity index (χ1) is 9.79. The van der Waals surface area contributed by atoms with Crippen LogP contribution in [-0.4, -0.2) is 22.8 Å². The summed E-state index contributed by atoms with van der Waals surface area (Å²) in [6, 6.07) is 7.09. The molecule has 2 aromatic rings. The Bertz CT molecular complexity index is 549. The van der Waals surface area contributed by atoms with Gasteiger partial charge in [0.1, 0.15) is 5.82 Å². The molecule has 4 nitrogen and oxygen atoms in total. The zero-order chi connectivity index (χ0) is 13.8. The van der Waals surface area contributed by atoms with E-state index in [4.69, 9.17) is 4.42 Å². The Morgan fingerprint density at radius 1 is 1.15 bits per heavy atom. The minimum atomic E-state index is -0.233. The highest BCUT2D eigenvalue weighted by Crippen LogP contribution is 2.18. The fourth-order valence-corrected chi connectivity index (χ4v) is 2.07. The van der Waals surface area contributed by atoms with Crippen LogP contribution in [-0.2, 0) is 12.8 Å². The summed E-state index contributed by atoms with van der Waals surface area (Å²) in [7, 11) is 0. The fraction of sp³-hybridized carbons (Fsp3) is 0.467. The number of halogens is 1. The molecule has 1 aliphatic carbocycles. The van der Waals surface area contributed by atoms with E-state index < -0.39 is 0 Å². The topological polar surface area (TPSA) is 51.0 Å². The van der Waals surface area contributed by atoms with Crippen molar-refractivity contribution in [1.29, 1.82) is 0 Å². The number of nitrogens with zero attached hydrogens (tertiary/aromatic N) is 2. The molecule has 20 heavy (non-hydrogen) atoms. The molecule has 1 aromatic carbocycles. The number of benzene rings is 1. The van der Waals surface area contributed by atoms with Gasteiger partial charge in [0.25, 0.3) is 0 Å². The molecule has 1 aromatic heterocycles. The van der Waals surface area contributed by atoms with Gasteiger partial charge in [0.15, 0.2) is 0 Å². The van der Waals surface area contributed by atoms with Crippen molar-refractivity contribution in [2.24, 2.45) is 0 Å². The molecule has 3 rings (SSSR count). The Labute approximate surface area is 117 Å². The van der Waals surface area contributed by atoms with Crippen molar-refractivity contribution in [3.8, 4) is 0 Å². The van der Waals surface area contributed by atoms with E-state index in [1.165, 1.54) is 25.0 Å². The molecule has 0 bridgehead atoms. The second kappa shape index (κ2) is 6.13. The molecule has 5 heteroatoms. The fourth-order valence-electron chi connectivity index (χ4n) is 2.07. The Kier molecular flexibility index (Phi) is 4.06. The second-order valence-electron chi connectivity index (χ2n) is 5.22. The molecule has 1 saturated carbocycles. The third-order valence-electron chi connectivity index (χ3n) is 3.36. The predicted octanol–water partition coefficient (Wildman–Crippen LogP) is 2.48. The van der Waals surface area contributed by atoms with Crippen LogP contribution in [0, 0.1) is 5.82 Å². The van der Waals surface area contributed by atoms with Gasteiger partial charge in [0.2, 0.25) is 11.8 Å². The Morgan fingerprint density at radius 3 is 2.65 bits per heavy atom. The van der Waals surface area contributed by atoms with Crippen LogP contribution in [0.15, 0.2) is 28.7 Å². The highest BCUT2D eigenvalue weighted by molar-refractivity contribution is 5.18. The highest BCUT2D eigenvalue weighted by atomic mass is 19.1. The Morgan fingerprint density at radius 2 is 1.90 bits per heavy atom. The van der Waals surface area contributed by atoms with E-state index in [1.54, 1.807) is 12.1 Å². The van der Waals surface area contributed by atoms with Crippen molar-refractivity contribution in [3.05, 3.63) is 47.4 Å². The first kappa shape index (κ1) is 13.2. The molecule has 1 fully saturated rings. The van der Waals surface area contributed by atoms with Crippen molar-refractivity contribution >= 4 is 0 Å². The lowest BCUT2D eigenvalue weighted by Gasteiger charge is -1.99. The van der Waals surface area contributed by atoms with Gasteiger partial charge in [-0.15, -0.1) is 10.2 Å². The molecule has 0 atom stereocenters. The van der Waals surface area contributed by atoms with Crippen LogP contribution in [0.25, 0.3) is 0 Å². The lowest BCUT2D eigenvalue weighted by atomic mass is 10.1. The van der Waals surface area contributed by atoms with E-state index in [1.807, 2.05) is 0 Å². The Balaban J connectivity index is 1.46. The quantitative estimate of drug-likeness (QED) is 0.789. The van der Waals surface area contributed by atoms with Crippen LogP contribution in [0.2, 0.25) is 0 Å². The van der Waals surface area contributed by atoms with Gasteiger partial charge in [-0.2, -0.15) is 0 Å². The number of hydrogen-bond acceptors (Lipinski definition) is 4. The molecule has 0 spiro atoms.